The van der Waals surface area contributed by atoms with Crippen LogP contribution in [0.2, 0.25) is 0 Å². The smallest absolute Gasteiger partial charge is 0.362 e. The van der Waals surface area contributed by atoms with E-state index in [1.54, 1.807) is 4.90 Å². The predicted molar refractivity (Wildman–Crippen MR) is 145 cm³/mol. The summed E-state index contributed by atoms with van der Waals surface area (Å²) in [6.07, 6.45) is -3.37. The highest BCUT2D eigenvalue weighted by Crippen LogP contribution is 2.45. The molecule has 4 heterocycles. The molecule has 0 spiro atoms. The number of hydrogen-bond donors (Lipinski definition) is 1. The Hall–Kier alpha value is -3.63. The Balaban J connectivity index is 1.22. The molecular weight excluding hydrogens is 523 g/mol. The molecule has 2 aliphatic rings. The largest absolute Gasteiger partial charge is 0.410 e. The van der Waals surface area contributed by atoms with Gasteiger partial charge in [-0.1, -0.05) is 66.7 Å². The van der Waals surface area contributed by atoms with Gasteiger partial charge in [0.25, 0.3) is 5.91 Å². The zero-order chi connectivity index (χ0) is 27.0. The summed E-state index contributed by atoms with van der Waals surface area (Å²) >= 11 is 1.40. The maximum atomic E-state index is 14.0. The minimum absolute atomic E-state index is 0.0503. The molecule has 39 heavy (non-hydrogen) atoms. The minimum Gasteiger partial charge on any atom is -0.362 e. The van der Waals surface area contributed by atoms with Gasteiger partial charge in [-0.3, -0.25) is 9.69 Å². The van der Waals surface area contributed by atoms with E-state index in [1.165, 1.54) is 28.7 Å². The highest BCUT2D eigenvalue weighted by molar-refractivity contribution is 7.10. The standard InChI is InChI=1S/C29H28F3N5OS/c30-29(31,32)25-18-23(24-12-7-17-39-24)34-27-22(19-33-37(25)27)28(38)36-15-13-35(14-16-36)26(20-8-3-1-4-9-20)21-10-5-2-6-11-21/h1-12,17,19,23,25-26,34H,13-16,18H2. The van der Waals surface area contributed by atoms with Crippen molar-refractivity contribution in [3.05, 3.63) is 106 Å². The topological polar surface area (TPSA) is 53.4 Å². The van der Waals surface area contributed by atoms with Crippen molar-refractivity contribution in [2.75, 3.05) is 31.5 Å². The van der Waals surface area contributed by atoms with Crippen LogP contribution in [0, 0.1) is 0 Å². The fraction of sp³-hybridized carbons (Fsp3) is 0.310. The molecule has 1 amide bonds. The van der Waals surface area contributed by atoms with Crippen molar-refractivity contribution in [3.63, 3.8) is 0 Å². The number of nitrogens with one attached hydrogen (secondary N) is 1. The molecule has 2 unspecified atom stereocenters. The Morgan fingerprint density at radius 3 is 2.13 bits per heavy atom. The van der Waals surface area contributed by atoms with Crippen LogP contribution in [0.25, 0.3) is 0 Å². The number of rotatable bonds is 5. The summed E-state index contributed by atoms with van der Waals surface area (Å²) in [5.41, 5.74) is 2.54. The van der Waals surface area contributed by atoms with E-state index in [1.807, 2.05) is 53.9 Å². The Kier molecular flexibility index (Phi) is 6.90. The third-order valence-electron chi connectivity index (χ3n) is 7.55. The number of benzene rings is 2. The van der Waals surface area contributed by atoms with Gasteiger partial charge in [-0.05, 0) is 22.6 Å². The summed E-state index contributed by atoms with van der Waals surface area (Å²) in [6.45, 7) is 2.22. The van der Waals surface area contributed by atoms with Crippen LogP contribution in [0.3, 0.4) is 0 Å². The fourth-order valence-corrected chi connectivity index (χ4v) is 6.42. The number of thiophene rings is 1. The van der Waals surface area contributed by atoms with E-state index in [9.17, 15) is 18.0 Å². The molecule has 2 aromatic heterocycles. The maximum Gasteiger partial charge on any atom is 0.410 e. The molecule has 1 saturated heterocycles. The first-order valence-corrected chi connectivity index (χ1v) is 13.9. The van der Waals surface area contributed by atoms with Gasteiger partial charge in [0.05, 0.1) is 18.3 Å². The average Bonchev–Trinajstić information content (AvgIpc) is 3.64. The van der Waals surface area contributed by atoms with Gasteiger partial charge in [0.15, 0.2) is 6.04 Å². The second-order valence-electron chi connectivity index (χ2n) is 9.91. The normalized spacial score (nSPS) is 20.1. The van der Waals surface area contributed by atoms with Gasteiger partial charge >= 0.3 is 6.18 Å². The molecule has 202 valence electrons. The number of amides is 1. The summed E-state index contributed by atoms with van der Waals surface area (Å²) in [6, 6.07) is 21.9. The van der Waals surface area contributed by atoms with E-state index in [0.717, 1.165) is 9.56 Å². The van der Waals surface area contributed by atoms with Gasteiger partial charge in [-0.25, -0.2) is 4.68 Å². The van der Waals surface area contributed by atoms with Crippen LogP contribution in [0.15, 0.2) is 84.4 Å². The van der Waals surface area contributed by atoms with Crippen molar-refractivity contribution in [2.24, 2.45) is 0 Å². The summed E-state index contributed by atoms with van der Waals surface area (Å²) in [5, 5.41) is 9.07. The van der Waals surface area contributed by atoms with Crippen molar-refractivity contribution in [3.8, 4) is 0 Å². The average molecular weight is 552 g/mol. The molecule has 4 aromatic rings. The van der Waals surface area contributed by atoms with Gasteiger partial charge in [-0.2, -0.15) is 18.3 Å². The van der Waals surface area contributed by atoms with E-state index in [0.29, 0.717) is 26.2 Å². The monoisotopic (exact) mass is 551 g/mol. The third kappa shape index (κ3) is 5.06. The molecule has 0 aliphatic carbocycles. The number of fused-ring (bicyclic) bond motifs is 1. The molecule has 2 aliphatic heterocycles. The molecule has 1 N–H and O–H groups in total. The molecular formula is C29H28F3N5OS. The number of carbonyl (C=O) groups is 1. The Bertz CT molecular complexity index is 1360. The predicted octanol–water partition coefficient (Wildman–Crippen LogP) is 6.15. The number of nitrogens with zero attached hydrogens (tertiary/aromatic N) is 4. The molecule has 2 aromatic carbocycles. The zero-order valence-corrected chi connectivity index (χ0v) is 21.9. The van der Waals surface area contributed by atoms with E-state index < -0.39 is 18.3 Å². The van der Waals surface area contributed by atoms with Crippen molar-refractivity contribution in [2.45, 2.75) is 30.7 Å². The number of carbonyl (C=O) groups excluding carboxylic acids is 1. The highest BCUT2D eigenvalue weighted by atomic mass is 32.1. The summed E-state index contributed by atoms with van der Waals surface area (Å²) < 4.78 is 43.0. The summed E-state index contributed by atoms with van der Waals surface area (Å²) in [4.78, 5) is 18.5. The van der Waals surface area contributed by atoms with Crippen molar-refractivity contribution in [1.29, 1.82) is 0 Å². The molecule has 2 atom stereocenters. The van der Waals surface area contributed by atoms with Crippen LogP contribution in [0.5, 0.6) is 0 Å². The maximum absolute atomic E-state index is 14.0. The van der Waals surface area contributed by atoms with E-state index in [-0.39, 0.29) is 29.8 Å². The van der Waals surface area contributed by atoms with Crippen LogP contribution >= 0.6 is 11.3 Å². The molecule has 0 saturated carbocycles. The van der Waals surface area contributed by atoms with Crippen LogP contribution in [-0.2, 0) is 0 Å². The van der Waals surface area contributed by atoms with E-state index in [2.05, 4.69) is 39.6 Å². The van der Waals surface area contributed by atoms with Crippen LogP contribution < -0.4 is 5.32 Å². The molecule has 6 rings (SSSR count). The SMILES string of the molecule is O=C(c1cnn2c1NC(c1cccs1)CC2C(F)(F)F)N1CCN(C(c2ccccc2)c2ccccc2)CC1. The number of hydrogen-bond acceptors (Lipinski definition) is 5. The number of piperazine rings is 1. The molecule has 1 fully saturated rings. The van der Waals surface area contributed by atoms with Gasteiger partial charge < -0.3 is 10.2 Å². The minimum atomic E-state index is -4.48. The molecule has 0 bridgehead atoms. The summed E-state index contributed by atoms with van der Waals surface area (Å²) in [7, 11) is 0. The highest BCUT2D eigenvalue weighted by Gasteiger charge is 2.47. The number of anilines is 1. The first kappa shape index (κ1) is 25.6. The summed E-state index contributed by atoms with van der Waals surface area (Å²) in [5.74, 6) is -0.159. The number of alkyl halides is 3. The van der Waals surface area contributed by atoms with Crippen molar-refractivity contribution >= 4 is 23.1 Å². The Morgan fingerprint density at radius 2 is 1.56 bits per heavy atom. The Labute approximate surface area is 228 Å². The zero-order valence-electron chi connectivity index (χ0n) is 21.1. The number of aromatic nitrogens is 2. The lowest BCUT2D eigenvalue weighted by molar-refractivity contribution is -0.173. The lowest BCUT2D eigenvalue weighted by Crippen LogP contribution is -2.50. The van der Waals surface area contributed by atoms with Crippen LogP contribution in [-0.4, -0.2) is 57.8 Å². The second kappa shape index (κ2) is 10.5. The first-order valence-electron chi connectivity index (χ1n) is 13.0. The Morgan fingerprint density at radius 1 is 0.923 bits per heavy atom. The van der Waals surface area contributed by atoms with Gasteiger partial charge in [0, 0.05) is 37.5 Å². The fourth-order valence-electron chi connectivity index (χ4n) is 5.63. The van der Waals surface area contributed by atoms with Gasteiger partial charge in [-0.15, -0.1) is 11.3 Å². The lowest BCUT2D eigenvalue weighted by Gasteiger charge is -2.40. The number of halogens is 3. The quantitative estimate of drug-likeness (QED) is 0.323. The molecule has 10 heteroatoms. The van der Waals surface area contributed by atoms with Crippen LogP contribution in [0.1, 0.15) is 50.9 Å². The third-order valence-corrected chi connectivity index (χ3v) is 8.54. The second-order valence-corrected chi connectivity index (χ2v) is 10.9. The van der Waals surface area contributed by atoms with Gasteiger partial charge in [0.2, 0.25) is 0 Å². The first-order chi connectivity index (χ1) is 18.9. The molecule has 0 radical (unpaired) electrons. The van der Waals surface area contributed by atoms with E-state index >= 15 is 0 Å². The van der Waals surface area contributed by atoms with Crippen molar-refractivity contribution in [1.82, 2.24) is 19.6 Å². The van der Waals surface area contributed by atoms with Crippen molar-refractivity contribution < 1.29 is 18.0 Å². The van der Waals surface area contributed by atoms with Crippen LogP contribution in [0.4, 0.5) is 19.0 Å². The lowest BCUT2D eigenvalue weighted by atomic mass is 9.96. The van der Waals surface area contributed by atoms with E-state index in [4.69, 9.17) is 0 Å². The van der Waals surface area contributed by atoms with Gasteiger partial charge in [0.1, 0.15) is 11.4 Å². The molecule has 6 nitrogen and oxygen atoms in total.